The van der Waals surface area contributed by atoms with Crippen molar-refractivity contribution in [2.45, 2.75) is 25.4 Å². The summed E-state index contributed by atoms with van der Waals surface area (Å²) < 4.78 is 13.4. The summed E-state index contributed by atoms with van der Waals surface area (Å²) in [6.07, 6.45) is 1.50. The second-order valence-electron chi connectivity index (χ2n) is 7.67. The van der Waals surface area contributed by atoms with Gasteiger partial charge in [-0.05, 0) is 42.8 Å². The van der Waals surface area contributed by atoms with Gasteiger partial charge in [0.25, 0.3) is 5.91 Å². The Labute approximate surface area is 169 Å². The molecule has 1 fully saturated rings. The van der Waals surface area contributed by atoms with Crippen LogP contribution in [0.1, 0.15) is 34.3 Å². The maximum absolute atomic E-state index is 13.6. The molecule has 1 N–H and O–H groups in total. The Bertz CT molecular complexity index is 962. The summed E-state index contributed by atoms with van der Waals surface area (Å²) in [5.41, 5.74) is 2.26. The van der Waals surface area contributed by atoms with E-state index in [0.717, 1.165) is 37.1 Å². The van der Waals surface area contributed by atoms with E-state index in [4.69, 9.17) is 17.2 Å². The molecule has 0 aromatic heterocycles. The first kappa shape index (κ1) is 18.9. The van der Waals surface area contributed by atoms with Crippen molar-refractivity contribution in [1.29, 1.82) is 0 Å². The molecule has 1 amide bonds. The highest BCUT2D eigenvalue weighted by Gasteiger charge is 2.51. The average molecular weight is 397 g/mol. The molecule has 2 aromatic rings. The van der Waals surface area contributed by atoms with Crippen LogP contribution in [0.3, 0.4) is 0 Å². The van der Waals surface area contributed by atoms with Crippen LogP contribution in [0.5, 0.6) is 0 Å². The maximum atomic E-state index is 13.6. The van der Waals surface area contributed by atoms with E-state index in [1.54, 1.807) is 17.0 Å². The van der Waals surface area contributed by atoms with Crippen LogP contribution in [0, 0.1) is 12.7 Å². The lowest BCUT2D eigenvalue weighted by atomic mass is 9.95. The van der Waals surface area contributed by atoms with Gasteiger partial charge in [-0.1, -0.05) is 30.4 Å². The summed E-state index contributed by atoms with van der Waals surface area (Å²) in [6, 6.07) is 13.7. The number of nitrogens with one attached hydrogen (secondary N) is 1. The van der Waals surface area contributed by atoms with Gasteiger partial charge in [0.15, 0.2) is 5.66 Å². The van der Waals surface area contributed by atoms with Gasteiger partial charge in [-0.15, -0.1) is 0 Å². The van der Waals surface area contributed by atoms with E-state index in [-0.39, 0.29) is 11.7 Å². The molecule has 2 heterocycles. The van der Waals surface area contributed by atoms with E-state index in [9.17, 15) is 9.18 Å². The first-order valence-electron chi connectivity index (χ1n) is 9.53. The van der Waals surface area contributed by atoms with Crippen molar-refractivity contribution in [2.75, 3.05) is 20.1 Å². The number of hydrogen-bond acceptors (Lipinski definition) is 3. The van der Waals surface area contributed by atoms with Crippen molar-refractivity contribution in [3.8, 4) is 0 Å². The van der Waals surface area contributed by atoms with Crippen molar-refractivity contribution in [3.05, 3.63) is 71.0 Å². The van der Waals surface area contributed by atoms with Crippen molar-refractivity contribution in [1.82, 2.24) is 4.90 Å². The second kappa shape index (κ2) is 7.18. The number of quaternary nitrogens is 1. The number of rotatable bonds is 2. The third kappa shape index (κ3) is 3.16. The topological polar surface area (TPSA) is 37.1 Å². The van der Waals surface area contributed by atoms with Crippen LogP contribution < -0.4 is 4.90 Å². The number of piperidine rings is 1. The molecule has 4 nitrogen and oxygen atoms in total. The molecule has 0 aliphatic carbocycles. The number of carbonyl (C=O) groups excluding carboxylic acids is 1. The smallest absolute Gasteiger partial charge is 0.261 e. The molecule has 0 bridgehead atoms. The molecule has 28 heavy (non-hydrogen) atoms. The Morgan fingerprint density at radius 1 is 1.14 bits per heavy atom. The van der Waals surface area contributed by atoms with Gasteiger partial charge in [-0.25, -0.2) is 4.39 Å². The van der Waals surface area contributed by atoms with Crippen LogP contribution in [-0.2, 0) is 0 Å². The normalized spacial score (nSPS) is 24.5. The van der Waals surface area contributed by atoms with Crippen molar-refractivity contribution in [3.63, 3.8) is 0 Å². The molecule has 4 rings (SSSR count). The van der Waals surface area contributed by atoms with Gasteiger partial charge in [0, 0.05) is 24.0 Å². The minimum atomic E-state index is -0.653. The number of amides is 1. The molecule has 0 radical (unpaired) electrons. The number of halogens is 1. The quantitative estimate of drug-likeness (QED) is 0.792. The zero-order chi connectivity index (χ0) is 19.9. The summed E-state index contributed by atoms with van der Waals surface area (Å²) in [6.45, 7) is 3.76. The van der Waals surface area contributed by atoms with Gasteiger partial charge < -0.3 is 4.90 Å². The second-order valence-corrected chi connectivity index (χ2v) is 8.05. The highest BCUT2D eigenvalue weighted by atomic mass is 32.1. The van der Waals surface area contributed by atoms with Crippen LogP contribution >= 0.6 is 12.2 Å². The number of benzene rings is 2. The van der Waals surface area contributed by atoms with Gasteiger partial charge in [0.05, 0.1) is 20.1 Å². The number of nitrogens with zero attached hydrogens (tertiary/aromatic N) is 2. The molecule has 2 aliphatic rings. The van der Waals surface area contributed by atoms with Crippen LogP contribution in [0.2, 0.25) is 0 Å². The number of aliphatic imine (C=N–C) groups is 1. The monoisotopic (exact) mass is 396 g/mol. The minimum absolute atomic E-state index is 0.108. The number of aryl methyl sites for hydroxylation is 1. The SMILES string of the molecule is Cc1ccccc1C(=O)N1C(=S)C(c2ccc(F)cc2)=NC12CC[NH+](C)CC2. The predicted molar refractivity (Wildman–Crippen MR) is 111 cm³/mol. The first-order valence-corrected chi connectivity index (χ1v) is 9.94. The van der Waals surface area contributed by atoms with Gasteiger partial charge in [-0.2, -0.15) is 0 Å². The van der Waals surface area contributed by atoms with Gasteiger partial charge in [0.1, 0.15) is 16.5 Å². The summed E-state index contributed by atoms with van der Waals surface area (Å²) >= 11 is 5.75. The van der Waals surface area contributed by atoms with E-state index in [1.807, 2.05) is 31.2 Å². The number of hydrogen-bond donors (Lipinski definition) is 1. The molecule has 144 valence electrons. The maximum Gasteiger partial charge on any atom is 0.261 e. The molecular weight excluding hydrogens is 373 g/mol. The van der Waals surface area contributed by atoms with Crippen LogP contribution in [0.15, 0.2) is 53.5 Å². The highest BCUT2D eigenvalue weighted by Crippen LogP contribution is 2.36. The van der Waals surface area contributed by atoms with E-state index < -0.39 is 5.66 Å². The fourth-order valence-electron chi connectivity index (χ4n) is 4.02. The van der Waals surface area contributed by atoms with E-state index in [1.165, 1.54) is 17.0 Å². The molecule has 6 heteroatoms. The van der Waals surface area contributed by atoms with E-state index >= 15 is 0 Å². The molecule has 0 atom stereocenters. The third-order valence-corrected chi connectivity index (χ3v) is 6.12. The molecule has 0 unspecified atom stereocenters. The van der Waals surface area contributed by atoms with Crippen LogP contribution in [0.4, 0.5) is 4.39 Å². The van der Waals surface area contributed by atoms with Gasteiger partial charge >= 0.3 is 0 Å². The molecule has 2 aromatic carbocycles. The van der Waals surface area contributed by atoms with E-state index in [0.29, 0.717) is 16.3 Å². The lowest BCUT2D eigenvalue weighted by molar-refractivity contribution is -0.886. The average Bonchev–Trinajstić information content (AvgIpc) is 2.97. The van der Waals surface area contributed by atoms with Crippen LogP contribution in [0.25, 0.3) is 0 Å². The Morgan fingerprint density at radius 3 is 2.43 bits per heavy atom. The summed E-state index contributed by atoms with van der Waals surface area (Å²) in [5, 5.41) is 0. The highest BCUT2D eigenvalue weighted by molar-refractivity contribution is 7.82. The van der Waals surface area contributed by atoms with Crippen molar-refractivity contribution < 1.29 is 14.1 Å². The zero-order valence-electron chi connectivity index (χ0n) is 16.0. The minimum Gasteiger partial charge on any atom is -0.337 e. The number of thiocarbonyl (C=S) groups is 1. The molecule has 2 aliphatic heterocycles. The van der Waals surface area contributed by atoms with E-state index in [2.05, 4.69) is 7.05 Å². The standard InChI is InChI=1S/C22H22FN3OS/c1-15-5-3-4-6-18(15)20(27)26-21(28)19(16-7-9-17(23)10-8-16)24-22(26)11-13-25(2)14-12-22/h3-10H,11-14H2,1-2H3/p+1. The number of carbonyl (C=O) groups is 1. The first-order chi connectivity index (χ1) is 13.4. The Morgan fingerprint density at radius 2 is 1.79 bits per heavy atom. The Hall–Kier alpha value is -2.44. The van der Waals surface area contributed by atoms with Crippen molar-refractivity contribution >= 4 is 28.8 Å². The lowest BCUT2D eigenvalue weighted by Crippen LogP contribution is -3.10. The summed E-state index contributed by atoms with van der Waals surface area (Å²) in [4.78, 5) is 22.1. The van der Waals surface area contributed by atoms with Crippen molar-refractivity contribution in [2.24, 2.45) is 4.99 Å². The van der Waals surface area contributed by atoms with Crippen LogP contribution in [-0.4, -0.2) is 47.3 Å². The Kier molecular flexibility index (Phi) is 4.85. The molecule has 1 saturated heterocycles. The predicted octanol–water partition coefficient (Wildman–Crippen LogP) is 2.41. The summed E-state index contributed by atoms with van der Waals surface area (Å²) in [5.74, 6) is -0.415. The molecular formula is C22H23FN3OS+. The fraction of sp³-hybridized carbons (Fsp3) is 0.318. The zero-order valence-corrected chi connectivity index (χ0v) is 16.9. The fourth-order valence-corrected chi connectivity index (χ4v) is 4.44. The van der Waals surface area contributed by atoms with Gasteiger partial charge in [0.2, 0.25) is 0 Å². The molecule has 0 saturated carbocycles. The van der Waals surface area contributed by atoms with Gasteiger partial charge in [-0.3, -0.25) is 14.7 Å². The summed E-state index contributed by atoms with van der Waals surface area (Å²) in [7, 11) is 2.15. The Balaban J connectivity index is 1.78. The largest absolute Gasteiger partial charge is 0.337 e. The number of likely N-dealkylation sites (tertiary alicyclic amines) is 1. The molecule has 1 spiro atoms. The lowest BCUT2D eigenvalue weighted by Gasteiger charge is -2.40. The third-order valence-electron chi connectivity index (χ3n) is 5.74.